The highest BCUT2D eigenvalue weighted by Gasteiger charge is 2.20. The van der Waals surface area contributed by atoms with Gasteiger partial charge in [0.2, 0.25) is 0 Å². The van der Waals surface area contributed by atoms with Gasteiger partial charge < -0.3 is 4.48 Å². The van der Waals surface area contributed by atoms with Crippen LogP contribution < -0.4 is 0 Å². The lowest BCUT2D eigenvalue weighted by Crippen LogP contribution is -2.46. The number of unbranched alkanes of at least 4 members (excludes halogenated alkanes) is 31. The smallest absolute Gasteiger partial charge is 0.0784 e. The molecule has 0 aromatic carbocycles. The molecule has 0 bridgehead atoms. The van der Waals surface area contributed by atoms with E-state index in [-0.39, 0.29) is 0 Å². The van der Waals surface area contributed by atoms with Crippen LogP contribution in [0, 0.1) is 0 Å². The minimum absolute atomic E-state index is 1.37. The van der Waals surface area contributed by atoms with Gasteiger partial charge in [0, 0.05) is 0 Å². The molecule has 0 N–H and O–H groups in total. The van der Waals surface area contributed by atoms with Crippen molar-refractivity contribution in [3.8, 4) is 0 Å². The summed E-state index contributed by atoms with van der Waals surface area (Å²) in [6.45, 7) is 11.3. The first kappa shape index (κ1) is 42.0. The van der Waals surface area contributed by atoms with E-state index >= 15 is 0 Å². The fraction of sp³-hybridized carbons (Fsp3) is 1.00. The van der Waals surface area contributed by atoms with Crippen molar-refractivity contribution in [3.05, 3.63) is 0 Å². The van der Waals surface area contributed by atoms with Crippen molar-refractivity contribution < 1.29 is 4.48 Å². The fourth-order valence-corrected chi connectivity index (χ4v) is 6.99. The zero-order valence-electron chi connectivity index (χ0n) is 30.6. The summed E-state index contributed by atoms with van der Waals surface area (Å²) < 4.78 is 1.37. The minimum atomic E-state index is 1.37. The monoisotopic (exact) mass is 593 g/mol. The Balaban J connectivity index is 4.03. The molecule has 0 fully saturated rings. The third-order valence-electron chi connectivity index (χ3n) is 10.2. The summed E-state index contributed by atoms with van der Waals surface area (Å²) in [6.07, 6.45) is 49.7. The summed E-state index contributed by atoms with van der Waals surface area (Å²) >= 11 is 0. The van der Waals surface area contributed by atoms with Crippen LogP contribution in [0.25, 0.3) is 0 Å². The normalized spacial score (nSPS) is 12.0. The first-order chi connectivity index (χ1) is 20.7. The van der Waals surface area contributed by atoms with Crippen LogP contribution in [-0.4, -0.2) is 31.2 Å². The van der Waals surface area contributed by atoms with Crippen LogP contribution in [0.1, 0.15) is 239 Å². The lowest BCUT2D eigenvalue weighted by Gasteiger charge is -2.35. The van der Waals surface area contributed by atoms with Crippen LogP contribution in [0.4, 0.5) is 0 Å². The quantitative estimate of drug-likeness (QED) is 0.0497. The van der Waals surface area contributed by atoms with E-state index in [1.165, 1.54) is 242 Å². The topological polar surface area (TPSA) is 0 Å². The molecule has 0 saturated heterocycles. The minimum Gasteiger partial charge on any atom is -0.326 e. The van der Waals surface area contributed by atoms with Gasteiger partial charge in [0.25, 0.3) is 0 Å². The lowest BCUT2D eigenvalue weighted by molar-refractivity contribution is -0.910. The Hall–Kier alpha value is -0.0400. The summed E-state index contributed by atoms with van der Waals surface area (Å²) in [5, 5.41) is 0. The second-order valence-electron chi connectivity index (χ2n) is 14.8. The van der Waals surface area contributed by atoms with Crippen LogP contribution in [0.2, 0.25) is 0 Å². The second kappa shape index (κ2) is 35.4. The van der Waals surface area contributed by atoms with E-state index in [0.717, 1.165) is 0 Å². The molecule has 0 spiro atoms. The Bertz CT molecular complexity index is 447. The van der Waals surface area contributed by atoms with Crippen molar-refractivity contribution >= 4 is 0 Å². The average molecular weight is 593 g/mol. The van der Waals surface area contributed by atoms with E-state index in [1.807, 2.05) is 0 Å². The van der Waals surface area contributed by atoms with Crippen LogP contribution in [0.5, 0.6) is 0 Å². The van der Waals surface area contributed by atoms with E-state index in [0.29, 0.717) is 0 Å². The molecule has 254 valence electrons. The number of hydrogen-bond donors (Lipinski definition) is 0. The molecule has 0 atom stereocenters. The Labute approximate surface area is 269 Å². The SMILES string of the molecule is CCCCCCCCCCCCCCCC[N+](C)(CCCCCCCCCCCC)CCCCCCCCCCCC. The summed E-state index contributed by atoms with van der Waals surface area (Å²) in [5.41, 5.74) is 0. The Morgan fingerprint density at radius 2 is 0.357 bits per heavy atom. The van der Waals surface area contributed by atoms with E-state index in [1.54, 1.807) is 0 Å². The molecule has 0 amide bonds. The maximum absolute atomic E-state index is 2.61. The Kier molecular flexibility index (Phi) is 35.4. The third-order valence-corrected chi connectivity index (χ3v) is 10.2. The van der Waals surface area contributed by atoms with Crippen molar-refractivity contribution in [1.82, 2.24) is 0 Å². The predicted molar refractivity (Wildman–Crippen MR) is 195 cm³/mol. The Morgan fingerprint density at radius 1 is 0.214 bits per heavy atom. The van der Waals surface area contributed by atoms with E-state index in [9.17, 15) is 0 Å². The maximum Gasteiger partial charge on any atom is 0.0784 e. The molecule has 1 heteroatoms. The second-order valence-corrected chi connectivity index (χ2v) is 14.8. The first-order valence-corrected chi connectivity index (χ1v) is 20.5. The molecule has 0 aliphatic heterocycles. The average Bonchev–Trinajstić information content (AvgIpc) is 2.99. The Morgan fingerprint density at radius 3 is 0.524 bits per heavy atom. The van der Waals surface area contributed by atoms with E-state index < -0.39 is 0 Å². The van der Waals surface area contributed by atoms with Gasteiger partial charge in [-0.05, 0) is 38.5 Å². The zero-order valence-corrected chi connectivity index (χ0v) is 30.6. The van der Waals surface area contributed by atoms with Gasteiger partial charge in [-0.25, -0.2) is 0 Å². The molecule has 0 aromatic heterocycles. The highest BCUT2D eigenvalue weighted by atomic mass is 15.3. The molecule has 0 aromatic rings. The van der Waals surface area contributed by atoms with Gasteiger partial charge in [-0.1, -0.05) is 201 Å². The van der Waals surface area contributed by atoms with Crippen LogP contribution in [0.15, 0.2) is 0 Å². The lowest BCUT2D eigenvalue weighted by atomic mass is 10.0. The van der Waals surface area contributed by atoms with Crippen molar-refractivity contribution in [2.45, 2.75) is 239 Å². The predicted octanol–water partition coefficient (Wildman–Crippen LogP) is 14.8. The molecule has 0 heterocycles. The molecule has 0 unspecified atom stereocenters. The van der Waals surface area contributed by atoms with Gasteiger partial charge in [-0.2, -0.15) is 0 Å². The van der Waals surface area contributed by atoms with Gasteiger partial charge in [-0.3, -0.25) is 0 Å². The van der Waals surface area contributed by atoms with Gasteiger partial charge in [0.15, 0.2) is 0 Å². The fourth-order valence-electron chi connectivity index (χ4n) is 6.99. The summed E-state index contributed by atoms with van der Waals surface area (Å²) in [5.74, 6) is 0. The van der Waals surface area contributed by atoms with Crippen molar-refractivity contribution in [1.29, 1.82) is 0 Å². The zero-order chi connectivity index (χ0) is 30.7. The van der Waals surface area contributed by atoms with Crippen molar-refractivity contribution in [3.63, 3.8) is 0 Å². The largest absolute Gasteiger partial charge is 0.326 e. The number of nitrogens with zero attached hydrogens (tertiary/aromatic N) is 1. The van der Waals surface area contributed by atoms with Gasteiger partial charge in [0.1, 0.15) is 0 Å². The van der Waals surface area contributed by atoms with Crippen molar-refractivity contribution in [2.75, 3.05) is 26.7 Å². The summed E-state index contributed by atoms with van der Waals surface area (Å²) in [7, 11) is 2.61. The van der Waals surface area contributed by atoms with Crippen LogP contribution in [-0.2, 0) is 0 Å². The molecule has 42 heavy (non-hydrogen) atoms. The molecule has 0 aliphatic rings. The van der Waals surface area contributed by atoms with Crippen molar-refractivity contribution in [2.24, 2.45) is 0 Å². The summed E-state index contributed by atoms with van der Waals surface area (Å²) in [6, 6.07) is 0. The van der Waals surface area contributed by atoms with E-state index in [4.69, 9.17) is 0 Å². The summed E-state index contributed by atoms with van der Waals surface area (Å²) in [4.78, 5) is 0. The number of quaternary nitrogens is 1. The molecular weight excluding hydrogens is 506 g/mol. The molecule has 0 saturated carbocycles. The maximum atomic E-state index is 2.61. The number of hydrogen-bond acceptors (Lipinski definition) is 0. The molecule has 0 radical (unpaired) electrons. The van der Waals surface area contributed by atoms with Crippen LogP contribution >= 0.6 is 0 Å². The standard InChI is InChI=1S/C41H86N/c1-5-8-11-14-17-20-23-24-25-26-29-32-35-38-41-42(4,39-36-33-30-27-21-18-15-12-9-6-2)40-37-34-31-28-22-19-16-13-10-7-3/h5-41H2,1-4H3/q+1. The van der Waals surface area contributed by atoms with E-state index in [2.05, 4.69) is 27.8 Å². The highest BCUT2D eigenvalue weighted by molar-refractivity contribution is 4.53. The van der Waals surface area contributed by atoms with Gasteiger partial charge in [0.05, 0.1) is 26.7 Å². The highest BCUT2D eigenvalue weighted by Crippen LogP contribution is 2.18. The third kappa shape index (κ3) is 32.9. The van der Waals surface area contributed by atoms with Gasteiger partial charge in [-0.15, -0.1) is 0 Å². The molecular formula is C41H86N+. The molecule has 0 aliphatic carbocycles. The molecule has 1 nitrogen and oxygen atoms in total. The van der Waals surface area contributed by atoms with Crippen LogP contribution in [0.3, 0.4) is 0 Å². The first-order valence-electron chi connectivity index (χ1n) is 20.5. The number of rotatable bonds is 37. The van der Waals surface area contributed by atoms with Gasteiger partial charge >= 0.3 is 0 Å². The molecule has 0 rings (SSSR count).